The molecule has 0 bridgehead atoms. The minimum Gasteiger partial charge on any atom is -0.391 e. The smallest absolute Gasteiger partial charge is 0.0733 e. The molecule has 0 aromatic carbocycles. The summed E-state index contributed by atoms with van der Waals surface area (Å²) in [5, 5.41) is 9.87. The third-order valence-corrected chi connectivity index (χ3v) is 3.47. The van der Waals surface area contributed by atoms with E-state index >= 15 is 0 Å². The second-order valence-corrected chi connectivity index (χ2v) is 4.75. The van der Waals surface area contributed by atoms with Crippen LogP contribution in [0.4, 0.5) is 0 Å². The molecule has 0 aliphatic carbocycles. The molecule has 0 rings (SSSR count). The van der Waals surface area contributed by atoms with Crippen LogP contribution in [0.25, 0.3) is 0 Å². The molecule has 86 valence electrons. The highest BCUT2D eigenvalue weighted by molar-refractivity contribution is 6.18. The molecule has 14 heavy (non-hydrogen) atoms. The van der Waals surface area contributed by atoms with E-state index in [1.807, 2.05) is 13.8 Å². The van der Waals surface area contributed by atoms with E-state index in [2.05, 4.69) is 13.8 Å². The van der Waals surface area contributed by atoms with Crippen LogP contribution >= 0.6 is 11.6 Å². The van der Waals surface area contributed by atoms with E-state index in [9.17, 15) is 5.11 Å². The average Bonchev–Trinajstić information content (AvgIpc) is 2.17. The zero-order valence-corrected chi connectivity index (χ0v) is 10.6. The highest BCUT2D eigenvalue weighted by Gasteiger charge is 2.37. The minimum atomic E-state index is -0.499. The number of aliphatic hydroxyl groups excluding tert-OH is 1. The summed E-state index contributed by atoms with van der Waals surface area (Å²) < 4.78 is 5.43. The molecule has 0 amide bonds. The van der Waals surface area contributed by atoms with Crippen molar-refractivity contribution in [1.82, 2.24) is 0 Å². The Morgan fingerprint density at radius 2 is 1.93 bits per heavy atom. The SMILES string of the molecule is CCC(C)C(C(O)CCl)C(C)(C)OC. The Bertz CT molecular complexity index is 149. The Morgan fingerprint density at radius 1 is 1.43 bits per heavy atom. The van der Waals surface area contributed by atoms with Gasteiger partial charge in [-0.15, -0.1) is 11.6 Å². The van der Waals surface area contributed by atoms with Crippen molar-refractivity contribution in [3.63, 3.8) is 0 Å². The fraction of sp³-hybridized carbons (Fsp3) is 1.00. The van der Waals surface area contributed by atoms with Gasteiger partial charge in [-0.3, -0.25) is 0 Å². The van der Waals surface area contributed by atoms with Gasteiger partial charge in [-0.2, -0.15) is 0 Å². The molecule has 0 spiro atoms. The zero-order chi connectivity index (χ0) is 11.4. The highest BCUT2D eigenvalue weighted by Crippen LogP contribution is 2.32. The molecule has 0 aromatic rings. The Kier molecular flexibility index (Phi) is 6.03. The van der Waals surface area contributed by atoms with Crippen LogP contribution < -0.4 is 0 Å². The summed E-state index contributed by atoms with van der Waals surface area (Å²) in [6, 6.07) is 0. The normalized spacial score (nSPS) is 19.1. The predicted molar refractivity (Wildman–Crippen MR) is 60.8 cm³/mol. The van der Waals surface area contributed by atoms with Crippen LogP contribution in [-0.4, -0.2) is 29.8 Å². The van der Waals surface area contributed by atoms with Gasteiger partial charge in [0.25, 0.3) is 0 Å². The van der Waals surface area contributed by atoms with Gasteiger partial charge in [0.05, 0.1) is 11.7 Å². The van der Waals surface area contributed by atoms with E-state index in [1.54, 1.807) is 7.11 Å². The summed E-state index contributed by atoms with van der Waals surface area (Å²) in [5.74, 6) is 0.746. The maximum atomic E-state index is 9.87. The zero-order valence-electron chi connectivity index (χ0n) is 9.88. The van der Waals surface area contributed by atoms with E-state index < -0.39 is 6.10 Å². The Balaban J connectivity index is 4.71. The molecule has 0 fully saturated rings. The topological polar surface area (TPSA) is 29.5 Å². The van der Waals surface area contributed by atoms with Gasteiger partial charge in [0.15, 0.2) is 0 Å². The standard InChI is InChI=1S/C11H23ClO2/c1-6-8(2)10(9(13)7-12)11(3,4)14-5/h8-10,13H,6-7H2,1-5H3. The number of rotatable bonds is 6. The number of alkyl halides is 1. The fourth-order valence-corrected chi connectivity index (χ4v) is 2.21. The van der Waals surface area contributed by atoms with Crippen molar-refractivity contribution < 1.29 is 9.84 Å². The molecule has 0 aromatic heterocycles. The first-order chi connectivity index (χ1) is 6.40. The van der Waals surface area contributed by atoms with Gasteiger partial charge in [-0.1, -0.05) is 20.3 Å². The summed E-state index contributed by atoms with van der Waals surface area (Å²) in [7, 11) is 1.68. The van der Waals surface area contributed by atoms with Gasteiger partial charge in [-0.25, -0.2) is 0 Å². The minimum absolute atomic E-state index is 0.0787. The summed E-state index contributed by atoms with van der Waals surface area (Å²) in [5.41, 5.74) is -0.330. The third kappa shape index (κ3) is 3.41. The molecule has 0 heterocycles. The molecule has 1 N–H and O–H groups in total. The summed E-state index contributed by atoms with van der Waals surface area (Å²) in [6.45, 7) is 8.24. The molecule has 3 heteroatoms. The lowest BCUT2D eigenvalue weighted by Gasteiger charge is -2.39. The van der Waals surface area contributed by atoms with Gasteiger partial charge in [0, 0.05) is 18.9 Å². The van der Waals surface area contributed by atoms with Crippen molar-refractivity contribution in [2.24, 2.45) is 11.8 Å². The van der Waals surface area contributed by atoms with Crippen LogP contribution in [0.3, 0.4) is 0 Å². The van der Waals surface area contributed by atoms with E-state index in [1.165, 1.54) is 0 Å². The molecule has 0 aliphatic rings. The van der Waals surface area contributed by atoms with Crippen LogP contribution in [0.1, 0.15) is 34.1 Å². The first kappa shape index (κ1) is 14.2. The van der Waals surface area contributed by atoms with Crippen molar-refractivity contribution in [3.8, 4) is 0 Å². The molecular formula is C11H23ClO2. The monoisotopic (exact) mass is 222 g/mol. The maximum Gasteiger partial charge on any atom is 0.0733 e. The summed E-state index contributed by atoms with van der Waals surface area (Å²) >= 11 is 5.71. The predicted octanol–water partition coefficient (Wildman–Crippen LogP) is 2.67. The van der Waals surface area contributed by atoms with Crippen molar-refractivity contribution in [2.75, 3.05) is 13.0 Å². The lowest BCUT2D eigenvalue weighted by Crippen LogP contribution is -2.45. The van der Waals surface area contributed by atoms with Gasteiger partial charge < -0.3 is 9.84 Å². The van der Waals surface area contributed by atoms with Gasteiger partial charge >= 0.3 is 0 Å². The highest BCUT2D eigenvalue weighted by atomic mass is 35.5. The quantitative estimate of drug-likeness (QED) is 0.701. The second-order valence-electron chi connectivity index (χ2n) is 4.44. The average molecular weight is 223 g/mol. The molecule has 3 unspecified atom stereocenters. The van der Waals surface area contributed by atoms with Crippen molar-refractivity contribution in [1.29, 1.82) is 0 Å². The molecule has 0 radical (unpaired) electrons. The molecule has 0 saturated carbocycles. The van der Waals surface area contributed by atoms with Crippen LogP contribution in [-0.2, 0) is 4.74 Å². The van der Waals surface area contributed by atoms with E-state index in [-0.39, 0.29) is 17.4 Å². The first-order valence-corrected chi connectivity index (χ1v) is 5.73. The van der Waals surface area contributed by atoms with Crippen LogP contribution in [0.2, 0.25) is 0 Å². The van der Waals surface area contributed by atoms with Crippen molar-refractivity contribution in [2.45, 2.75) is 45.8 Å². The number of halogens is 1. The molecule has 0 aliphatic heterocycles. The fourth-order valence-electron chi connectivity index (χ4n) is 2.01. The lowest BCUT2D eigenvalue weighted by molar-refractivity contribution is -0.0896. The van der Waals surface area contributed by atoms with E-state index in [0.717, 1.165) is 6.42 Å². The van der Waals surface area contributed by atoms with Crippen LogP contribution in [0.5, 0.6) is 0 Å². The van der Waals surface area contributed by atoms with Crippen molar-refractivity contribution >= 4 is 11.6 Å². The largest absolute Gasteiger partial charge is 0.391 e. The molecule has 2 nitrogen and oxygen atoms in total. The Labute approximate surface area is 92.6 Å². The molecule has 3 atom stereocenters. The van der Waals surface area contributed by atoms with Gasteiger partial charge in [0.1, 0.15) is 0 Å². The van der Waals surface area contributed by atoms with Gasteiger partial charge in [-0.05, 0) is 19.8 Å². The number of aliphatic hydroxyl groups is 1. The third-order valence-electron chi connectivity index (χ3n) is 3.16. The number of hydrogen-bond acceptors (Lipinski definition) is 2. The molecular weight excluding hydrogens is 200 g/mol. The Hall–Kier alpha value is 0.210. The van der Waals surface area contributed by atoms with Crippen LogP contribution in [0.15, 0.2) is 0 Å². The van der Waals surface area contributed by atoms with Crippen molar-refractivity contribution in [3.05, 3.63) is 0 Å². The summed E-state index contributed by atoms with van der Waals surface area (Å²) in [6.07, 6.45) is 0.521. The number of ether oxygens (including phenoxy) is 1. The van der Waals surface area contributed by atoms with Crippen LogP contribution in [0, 0.1) is 11.8 Å². The van der Waals surface area contributed by atoms with Gasteiger partial charge in [0.2, 0.25) is 0 Å². The lowest BCUT2D eigenvalue weighted by atomic mass is 9.76. The first-order valence-electron chi connectivity index (χ1n) is 5.19. The Morgan fingerprint density at radius 3 is 2.21 bits per heavy atom. The summed E-state index contributed by atoms with van der Waals surface area (Å²) in [4.78, 5) is 0. The number of hydrogen-bond donors (Lipinski definition) is 1. The van der Waals surface area contributed by atoms with E-state index in [0.29, 0.717) is 5.92 Å². The maximum absolute atomic E-state index is 9.87. The van der Waals surface area contributed by atoms with E-state index in [4.69, 9.17) is 16.3 Å². The molecule has 0 saturated heterocycles. The number of methoxy groups -OCH3 is 1. The second kappa shape index (κ2) is 5.94.